The topological polar surface area (TPSA) is 85.2 Å². The molecule has 5 nitrogen and oxygen atoms in total. The van der Waals surface area contributed by atoms with Crippen LogP contribution in [0.15, 0.2) is 27.2 Å². The Labute approximate surface area is 101 Å². The third kappa shape index (κ3) is 2.88. The van der Waals surface area contributed by atoms with Gasteiger partial charge < -0.3 is 9.73 Å². The minimum absolute atomic E-state index is 0.559. The van der Waals surface area contributed by atoms with Crippen LogP contribution in [0, 0.1) is 13.8 Å². The van der Waals surface area contributed by atoms with Crippen molar-refractivity contribution in [2.45, 2.75) is 13.8 Å². The first kappa shape index (κ1) is 12.8. The predicted molar refractivity (Wildman–Crippen MR) is 62.9 cm³/mol. The van der Waals surface area contributed by atoms with Crippen molar-refractivity contribution in [3.8, 4) is 11.5 Å². The maximum absolute atomic E-state index is 6.50. The molecule has 0 spiro atoms. The fourth-order valence-electron chi connectivity index (χ4n) is 1.14. The van der Waals surface area contributed by atoms with Crippen molar-refractivity contribution in [1.29, 1.82) is 0 Å². The lowest BCUT2D eigenvalue weighted by Gasteiger charge is -1.98. The highest BCUT2D eigenvalue weighted by atomic mass is 79.9. The molecular formula is C10H12BrN3O2. The Morgan fingerprint density at radius 1 is 1.31 bits per heavy atom. The number of rotatable bonds is 1. The van der Waals surface area contributed by atoms with Crippen molar-refractivity contribution in [1.82, 2.24) is 10.1 Å². The van der Waals surface area contributed by atoms with Crippen molar-refractivity contribution in [2.24, 2.45) is 5.90 Å². The van der Waals surface area contributed by atoms with Crippen LogP contribution in [0.1, 0.15) is 11.4 Å². The van der Waals surface area contributed by atoms with Gasteiger partial charge in [0.15, 0.2) is 5.82 Å². The fourth-order valence-corrected chi connectivity index (χ4v) is 1.52. The molecule has 1 aromatic carbocycles. The molecule has 3 N–H and O–H groups in total. The summed E-state index contributed by atoms with van der Waals surface area (Å²) in [6.45, 7) is 3.84. The molecule has 0 saturated carbocycles. The first-order chi connectivity index (χ1) is 7.66. The quantitative estimate of drug-likeness (QED) is 0.786. The third-order valence-corrected chi connectivity index (χ3v) is 2.80. The zero-order valence-corrected chi connectivity index (χ0v) is 10.5. The SMILES string of the molecule is Cc1noc(-c2ccc(C)c(Br)c2)n1.NO. The van der Waals surface area contributed by atoms with Crippen LogP contribution in [-0.4, -0.2) is 15.3 Å². The van der Waals surface area contributed by atoms with E-state index in [1.807, 2.05) is 25.1 Å². The maximum Gasteiger partial charge on any atom is 0.257 e. The smallest absolute Gasteiger partial charge is 0.257 e. The van der Waals surface area contributed by atoms with Crippen molar-refractivity contribution in [2.75, 3.05) is 0 Å². The highest BCUT2D eigenvalue weighted by molar-refractivity contribution is 9.10. The van der Waals surface area contributed by atoms with Gasteiger partial charge in [0.2, 0.25) is 0 Å². The van der Waals surface area contributed by atoms with Gasteiger partial charge in [0.25, 0.3) is 5.89 Å². The normalized spacial score (nSPS) is 9.56. The standard InChI is InChI=1S/C10H9BrN2O.H3NO/c1-6-3-4-8(5-9(6)11)10-12-7(2)13-14-10;1-2/h3-5H,1-2H3;2H,1H2. The van der Waals surface area contributed by atoms with Gasteiger partial charge in [-0.15, -0.1) is 0 Å². The first-order valence-corrected chi connectivity index (χ1v) is 5.29. The Kier molecular flexibility index (Phi) is 4.60. The van der Waals surface area contributed by atoms with Gasteiger partial charge in [0.05, 0.1) is 0 Å². The molecule has 1 aromatic heterocycles. The maximum atomic E-state index is 6.50. The van der Waals surface area contributed by atoms with Crippen molar-refractivity contribution in [3.63, 3.8) is 0 Å². The van der Waals surface area contributed by atoms with Crippen LogP contribution < -0.4 is 5.90 Å². The molecule has 2 aromatic rings. The fraction of sp³-hybridized carbons (Fsp3) is 0.200. The van der Waals surface area contributed by atoms with E-state index in [0.717, 1.165) is 10.0 Å². The molecule has 0 radical (unpaired) electrons. The van der Waals surface area contributed by atoms with Crippen LogP contribution in [0.3, 0.4) is 0 Å². The largest absolute Gasteiger partial charge is 0.334 e. The molecule has 0 amide bonds. The van der Waals surface area contributed by atoms with Gasteiger partial charge in [0, 0.05) is 10.0 Å². The van der Waals surface area contributed by atoms with Gasteiger partial charge in [0.1, 0.15) is 0 Å². The van der Waals surface area contributed by atoms with Crippen molar-refractivity contribution < 1.29 is 9.73 Å². The highest BCUT2D eigenvalue weighted by Gasteiger charge is 2.06. The van der Waals surface area contributed by atoms with Gasteiger partial charge in [-0.1, -0.05) is 27.2 Å². The van der Waals surface area contributed by atoms with Crippen molar-refractivity contribution in [3.05, 3.63) is 34.1 Å². The van der Waals surface area contributed by atoms with Crippen LogP contribution in [0.4, 0.5) is 0 Å². The molecule has 6 heteroatoms. The van der Waals surface area contributed by atoms with E-state index >= 15 is 0 Å². The number of benzene rings is 1. The van der Waals surface area contributed by atoms with E-state index in [1.165, 1.54) is 5.56 Å². The van der Waals surface area contributed by atoms with E-state index < -0.39 is 0 Å². The summed E-state index contributed by atoms with van der Waals surface area (Å²) in [5.41, 5.74) is 2.12. The van der Waals surface area contributed by atoms with Crippen LogP contribution in [0.2, 0.25) is 0 Å². The summed E-state index contributed by atoms with van der Waals surface area (Å²) in [4.78, 5) is 4.15. The number of nitrogens with two attached hydrogens (primary N) is 1. The van der Waals surface area contributed by atoms with E-state index in [4.69, 9.17) is 9.73 Å². The molecule has 0 aliphatic heterocycles. The first-order valence-electron chi connectivity index (χ1n) is 4.49. The second kappa shape index (κ2) is 5.74. The summed E-state index contributed by atoms with van der Waals surface area (Å²) in [5, 5.41) is 10.2. The second-order valence-electron chi connectivity index (χ2n) is 3.11. The number of nitrogens with zero attached hydrogens (tertiary/aromatic N) is 2. The molecule has 86 valence electrons. The number of halogens is 1. The molecule has 0 aliphatic rings. The molecule has 1 heterocycles. The van der Waals surface area contributed by atoms with Gasteiger partial charge in [-0.25, -0.2) is 5.90 Å². The summed E-state index contributed by atoms with van der Waals surface area (Å²) in [6, 6.07) is 5.95. The molecule has 0 atom stereocenters. The van der Waals surface area contributed by atoms with Gasteiger partial charge in [-0.2, -0.15) is 4.98 Å². The van der Waals surface area contributed by atoms with Gasteiger partial charge in [-0.3, -0.25) is 0 Å². The van der Waals surface area contributed by atoms with E-state index in [1.54, 1.807) is 6.92 Å². The summed E-state index contributed by atoms with van der Waals surface area (Å²) in [7, 11) is 0. The number of aromatic nitrogens is 2. The zero-order chi connectivity index (χ0) is 12.1. The molecule has 0 bridgehead atoms. The Morgan fingerprint density at radius 3 is 2.50 bits per heavy atom. The number of hydrogen-bond acceptors (Lipinski definition) is 5. The van der Waals surface area contributed by atoms with Crippen LogP contribution >= 0.6 is 15.9 Å². The Morgan fingerprint density at radius 2 is 2.00 bits per heavy atom. The summed E-state index contributed by atoms with van der Waals surface area (Å²) >= 11 is 3.46. The predicted octanol–water partition coefficient (Wildman–Crippen LogP) is 2.45. The number of aryl methyl sites for hydroxylation is 2. The Hall–Kier alpha value is -1.24. The van der Waals surface area contributed by atoms with Crippen LogP contribution in [0.25, 0.3) is 11.5 Å². The Bertz CT molecular complexity index is 471. The third-order valence-electron chi connectivity index (χ3n) is 1.95. The molecule has 2 rings (SSSR count). The molecular weight excluding hydrogens is 274 g/mol. The van der Waals surface area contributed by atoms with E-state index in [0.29, 0.717) is 11.7 Å². The molecule has 0 aliphatic carbocycles. The average Bonchev–Trinajstić information content (AvgIpc) is 2.72. The lowest BCUT2D eigenvalue weighted by Crippen LogP contribution is -1.80. The van der Waals surface area contributed by atoms with Crippen LogP contribution in [0.5, 0.6) is 0 Å². The van der Waals surface area contributed by atoms with Gasteiger partial charge in [-0.05, 0) is 31.5 Å². The summed E-state index contributed by atoms with van der Waals surface area (Å²) < 4.78 is 6.11. The zero-order valence-electron chi connectivity index (χ0n) is 8.94. The number of hydrogen-bond donors (Lipinski definition) is 2. The van der Waals surface area contributed by atoms with Crippen molar-refractivity contribution >= 4 is 15.9 Å². The molecule has 0 fully saturated rings. The van der Waals surface area contributed by atoms with Crippen LogP contribution in [-0.2, 0) is 0 Å². The second-order valence-corrected chi connectivity index (χ2v) is 3.97. The van der Waals surface area contributed by atoms with Gasteiger partial charge >= 0.3 is 0 Å². The average molecular weight is 286 g/mol. The molecule has 0 saturated heterocycles. The minimum atomic E-state index is 0.559. The summed E-state index contributed by atoms with van der Waals surface area (Å²) in [6.07, 6.45) is 0. The lowest BCUT2D eigenvalue weighted by molar-refractivity contribution is 0.311. The monoisotopic (exact) mass is 285 g/mol. The highest BCUT2D eigenvalue weighted by Crippen LogP contribution is 2.24. The minimum Gasteiger partial charge on any atom is -0.334 e. The molecule has 16 heavy (non-hydrogen) atoms. The van der Waals surface area contributed by atoms with E-state index in [9.17, 15) is 0 Å². The Balaban J connectivity index is 0.000000606. The molecule has 0 unspecified atom stereocenters. The van der Waals surface area contributed by atoms with E-state index in [-0.39, 0.29) is 0 Å². The van der Waals surface area contributed by atoms with E-state index in [2.05, 4.69) is 32.0 Å². The lowest BCUT2D eigenvalue weighted by atomic mass is 10.1. The summed E-state index contributed by atoms with van der Waals surface area (Å²) in [5.74, 6) is 4.71.